The first kappa shape index (κ1) is 24.0. The lowest BCUT2D eigenvalue weighted by atomic mass is 9.97. The minimum Gasteiger partial charge on any atom is -0.376 e. The second-order valence-electron chi connectivity index (χ2n) is 8.61. The summed E-state index contributed by atoms with van der Waals surface area (Å²) in [6.45, 7) is 4.18. The highest BCUT2D eigenvalue weighted by Crippen LogP contribution is 2.45. The topological polar surface area (TPSA) is 60.8 Å². The van der Waals surface area contributed by atoms with Crippen molar-refractivity contribution in [1.29, 1.82) is 0 Å². The second-order valence-corrected chi connectivity index (χ2v) is 8.61. The van der Waals surface area contributed by atoms with E-state index in [0.717, 1.165) is 30.3 Å². The molecule has 0 spiro atoms. The number of aliphatic hydroxyl groups excluding tert-OH is 1. The van der Waals surface area contributed by atoms with Crippen molar-refractivity contribution in [3.63, 3.8) is 0 Å². The molecule has 0 amide bonds. The number of hydrogen-bond acceptors (Lipinski definition) is 4. The van der Waals surface area contributed by atoms with Crippen LogP contribution in [-0.2, 0) is 4.79 Å². The SMILES string of the molecule is CCCCCCCCCCCCCC(O)(CC)N1C(O)c2ccccc2C1C=O. The highest BCUT2D eigenvalue weighted by molar-refractivity contribution is 5.65. The van der Waals surface area contributed by atoms with Crippen LogP contribution >= 0.6 is 0 Å². The molecular weight excluding hydrogens is 362 g/mol. The van der Waals surface area contributed by atoms with Crippen molar-refractivity contribution in [2.75, 3.05) is 0 Å². The van der Waals surface area contributed by atoms with Crippen LogP contribution in [0.5, 0.6) is 0 Å². The molecule has 3 atom stereocenters. The molecule has 1 aromatic rings. The number of aliphatic hydroxyl groups is 2. The fourth-order valence-electron chi connectivity index (χ4n) is 4.65. The second kappa shape index (κ2) is 12.5. The van der Waals surface area contributed by atoms with Crippen LogP contribution in [0.2, 0.25) is 0 Å². The molecule has 0 saturated heterocycles. The molecule has 4 nitrogen and oxygen atoms in total. The highest BCUT2D eigenvalue weighted by atomic mass is 16.3. The van der Waals surface area contributed by atoms with E-state index in [9.17, 15) is 15.0 Å². The van der Waals surface area contributed by atoms with Gasteiger partial charge in [0.1, 0.15) is 18.2 Å². The molecule has 3 unspecified atom stereocenters. The van der Waals surface area contributed by atoms with Crippen molar-refractivity contribution in [2.24, 2.45) is 0 Å². The summed E-state index contributed by atoms with van der Waals surface area (Å²) in [5.41, 5.74) is 0.375. The molecule has 1 aromatic carbocycles. The van der Waals surface area contributed by atoms with Crippen molar-refractivity contribution in [1.82, 2.24) is 4.90 Å². The van der Waals surface area contributed by atoms with E-state index < -0.39 is 18.0 Å². The molecule has 29 heavy (non-hydrogen) atoms. The van der Waals surface area contributed by atoms with E-state index in [0.29, 0.717) is 12.8 Å². The van der Waals surface area contributed by atoms with Crippen molar-refractivity contribution in [3.05, 3.63) is 35.4 Å². The number of benzene rings is 1. The van der Waals surface area contributed by atoms with Gasteiger partial charge in [0, 0.05) is 5.56 Å². The third kappa shape index (κ3) is 6.37. The predicted octanol–water partition coefficient (Wildman–Crippen LogP) is 6.03. The molecule has 2 N–H and O–H groups in total. The van der Waals surface area contributed by atoms with Gasteiger partial charge in [0.2, 0.25) is 0 Å². The van der Waals surface area contributed by atoms with Crippen LogP contribution < -0.4 is 0 Å². The molecular formula is C25H41NO3. The number of aldehydes is 1. The summed E-state index contributed by atoms with van der Waals surface area (Å²) < 4.78 is 0. The molecule has 164 valence electrons. The molecule has 1 aliphatic heterocycles. The van der Waals surface area contributed by atoms with E-state index in [1.807, 2.05) is 31.2 Å². The van der Waals surface area contributed by atoms with Gasteiger partial charge in [0.25, 0.3) is 0 Å². The Labute approximate surface area is 177 Å². The van der Waals surface area contributed by atoms with E-state index in [4.69, 9.17) is 0 Å². The maximum Gasteiger partial charge on any atom is 0.141 e. The Bertz CT molecular complexity index is 605. The molecule has 0 radical (unpaired) electrons. The zero-order valence-corrected chi connectivity index (χ0v) is 18.5. The third-order valence-corrected chi connectivity index (χ3v) is 6.51. The average Bonchev–Trinajstić information content (AvgIpc) is 3.04. The Kier molecular flexibility index (Phi) is 10.3. The quantitative estimate of drug-likeness (QED) is 0.277. The normalized spacial score (nSPS) is 21.1. The molecule has 0 fully saturated rings. The van der Waals surface area contributed by atoms with Gasteiger partial charge in [-0.2, -0.15) is 0 Å². The summed E-state index contributed by atoms with van der Waals surface area (Å²) in [5.74, 6) is 0. The van der Waals surface area contributed by atoms with Gasteiger partial charge in [-0.25, -0.2) is 4.90 Å². The summed E-state index contributed by atoms with van der Waals surface area (Å²) in [4.78, 5) is 13.4. The van der Waals surface area contributed by atoms with Crippen molar-refractivity contribution < 1.29 is 15.0 Å². The minimum atomic E-state index is -1.16. The van der Waals surface area contributed by atoms with E-state index in [2.05, 4.69) is 6.92 Å². The first-order valence-corrected chi connectivity index (χ1v) is 11.8. The van der Waals surface area contributed by atoms with E-state index in [1.165, 1.54) is 57.8 Å². The monoisotopic (exact) mass is 403 g/mol. The standard InChI is InChI=1S/C25H41NO3/c1-3-5-6-7-8-9-10-11-12-13-16-19-25(29,4-2)26-23(20-27)21-17-14-15-18-22(21)24(26)28/h14-15,17-18,20,23-24,28-29H,3-13,16,19H2,1-2H3. The first-order chi connectivity index (χ1) is 14.1. The predicted molar refractivity (Wildman–Crippen MR) is 118 cm³/mol. The van der Waals surface area contributed by atoms with Gasteiger partial charge < -0.3 is 15.0 Å². The highest BCUT2D eigenvalue weighted by Gasteiger charge is 2.47. The molecule has 2 rings (SSSR count). The fourth-order valence-corrected chi connectivity index (χ4v) is 4.65. The summed E-state index contributed by atoms with van der Waals surface area (Å²) in [7, 11) is 0. The van der Waals surface area contributed by atoms with Crippen LogP contribution in [0.3, 0.4) is 0 Å². The Morgan fingerprint density at radius 1 is 0.897 bits per heavy atom. The van der Waals surface area contributed by atoms with Gasteiger partial charge in [0.15, 0.2) is 0 Å². The lowest BCUT2D eigenvalue weighted by molar-refractivity contribution is -0.194. The summed E-state index contributed by atoms with van der Waals surface area (Å²) in [6, 6.07) is 6.87. The lowest BCUT2D eigenvalue weighted by Crippen LogP contribution is -2.49. The maximum atomic E-state index is 11.8. The summed E-state index contributed by atoms with van der Waals surface area (Å²) in [6.07, 6.45) is 14.8. The van der Waals surface area contributed by atoms with Gasteiger partial charge in [-0.15, -0.1) is 0 Å². The Morgan fingerprint density at radius 2 is 1.41 bits per heavy atom. The molecule has 4 heteroatoms. The van der Waals surface area contributed by atoms with Gasteiger partial charge in [-0.1, -0.05) is 102 Å². The Hall–Kier alpha value is -1.23. The molecule has 0 bridgehead atoms. The lowest BCUT2D eigenvalue weighted by Gasteiger charge is -2.41. The summed E-state index contributed by atoms with van der Waals surface area (Å²) >= 11 is 0. The third-order valence-electron chi connectivity index (χ3n) is 6.51. The maximum absolute atomic E-state index is 11.8. The van der Waals surface area contributed by atoms with Crippen LogP contribution in [0, 0.1) is 0 Å². The first-order valence-electron chi connectivity index (χ1n) is 11.8. The van der Waals surface area contributed by atoms with E-state index in [-0.39, 0.29) is 0 Å². The van der Waals surface area contributed by atoms with Crippen LogP contribution in [0.4, 0.5) is 0 Å². The molecule has 0 saturated carbocycles. The van der Waals surface area contributed by atoms with Crippen LogP contribution in [0.25, 0.3) is 0 Å². The number of nitrogens with zero attached hydrogens (tertiary/aromatic N) is 1. The van der Waals surface area contributed by atoms with Gasteiger partial charge >= 0.3 is 0 Å². The largest absolute Gasteiger partial charge is 0.376 e. The van der Waals surface area contributed by atoms with Gasteiger partial charge in [-0.05, 0) is 24.8 Å². The number of carbonyl (C=O) groups excluding carboxylic acids is 1. The molecule has 0 aliphatic carbocycles. The minimum absolute atomic E-state index is 0.486. The van der Waals surface area contributed by atoms with Crippen LogP contribution in [0.15, 0.2) is 24.3 Å². The van der Waals surface area contributed by atoms with Crippen LogP contribution in [0.1, 0.15) is 121 Å². The number of hydrogen-bond donors (Lipinski definition) is 2. The number of unbranched alkanes of at least 4 members (excludes halogenated alkanes) is 10. The fraction of sp³-hybridized carbons (Fsp3) is 0.720. The molecule has 1 aliphatic rings. The van der Waals surface area contributed by atoms with E-state index >= 15 is 0 Å². The van der Waals surface area contributed by atoms with Crippen molar-refractivity contribution in [3.8, 4) is 0 Å². The van der Waals surface area contributed by atoms with Gasteiger partial charge in [0.05, 0.1) is 6.04 Å². The van der Waals surface area contributed by atoms with Crippen LogP contribution in [-0.4, -0.2) is 27.1 Å². The van der Waals surface area contributed by atoms with Gasteiger partial charge in [-0.3, -0.25) is 0 Å². The zero-order valence-electron chi connectivity index (χ0n) is 18.5. The summed E-state index contributed by atoms with van der Waals surface area (Å²) in [5, 5.41) is 22.1. The Morgan fingerprint density at radius 3 is 1.93 bits per heavy atom. The Balaban J connectivity index is 1.75. The zero-order chi connectivity index (χ0) is 21.1. The smallest absolute Gasteiger partial charge is 0.141 e. The number of rotatable bonds is 15. The molecule has 0 aromatic heterocycles. The molecule has 1 heterocycles. The number of fused-ring (bicyclic) bond motifs is 1. The van der Waals surface area contributed by atoms with Crippen molar-refractivity contribution in [2.45, 2.75) is 115 Å². The van der Waals surface area contributed by atoms with E-state index in [1.54, 1.807) is 4.90 Å². The average molecular weight is 404 g/mol. The van der Waals surface area contributed by atoms with Crippen molar-refractivity contribution >= 4 is 6.29 Å². The number of carbonyl (C=O) groups is 1.